The molecule has 0 bridgehead atoms. The number of methoxy groups -OCH3 is 2. The SMILES string of the molecule is COc1ccc(C/C(C)=N\NC(=O)c2c[nH]c3ccccc23)cc1OC. The van der Waals surface area contributed by atoms with Crippen LogP contribution in [0.3, 0.4) is 0 Å². The average Bonchev–Trinajstić information content (AvgIpc) is 3.10. The van der Waals surface area contributed by atoms with Gasteiger partial charge in [0.2, 0.25) is 0 Å². The monoisotopic (exact) mass is 351 g/mol. The first-order valence-electron chi connectivity index (χ1n) is 8.23. The fraction of sp³-hybridized carbons (Fsp3) is 0.200. The topological polar surface area (TPSA) is 75.7 Å². The van der Waals surface area contributed by atoms with Crippen molar-refractivity contribution < 1.29 is 14.3 Å². The Morgan fingerprint density at radius 1 is 1.12 bits per heavy atom. The second-order valence-corrected chi connectivity index (χ2v) is 5.90. The highest BCUT2D eigenvalue weighted by Gasteiger charge is 2.11. The summed E-state index contributed by atoms with van der Waals surface area (Å²) < 4.78 is 10.5. The second-order valence-electron chi connectivity index (χ2n) is 5.90. The van der Waals surface area contributed by atoms with E-state index in [1.54, 1.807) is 20.4 Å². The molecule has 0 unspecified atom stereocenters. The van der Waals surface area contributed by atoms with Crippen molar-refractivity contribution in [3.05, 3.63) is 59.8 Å². The van der Waals surface area contributed by atoms with Crippen LogP contribution in [0.5, 0.6) is 11.5 Å². The predicted molar refractivity (Wildman–Crippen MR) is 102 cm³/mol. The average molecular weight is 351 g/mol. The van der Waals surface area contributed by atoms with E-state index in [0.717, 1.165) is 22.2 Å². The number of fused-ring (bicyclic) bond motifs is 1. The fourth-order valence-corrected chi connectivity index (χ4v) is 2.79. The van der Waals surface area contributed by atoms with E-state index in [1.807, 2.05) is 49.4 Å². The fourth-order valence-electron chi connectivity index (χ4n) is 2.79. The van der Waals surface area contributed by atoms with Gasteiger partial charge in [0.25, 0.3) is 5.91 Å². The summed E-state index contributed by atoms with van der Waals surface area (Å²) in [5.41, 5.74) is 5.92. The van der Waals surface area contributed by atoms with Crippen molar-refractivity contribution in [2.24, 2.45) is 5.10 Å². The summed E-state index contributed by atoms with van der Waals surface area (Å²) in [7, 11) is 3.20. The van der Waals surface area contributed by atoms with Crippen LogP contribution >= 0.6 is 0 Å². The number of carbonyl (C=O) groups excluding carboxylic acids is 1. The molecule has 134 valence electrons. The van der Waals surface area contributed by atoms with Gasteiger partial charge in [-0.05, 0) is 30.7 Å². The summed E-state index contributed by atoms with van der Waals surface area (Å²) in [6, 6.07) is 13.4. The minimum Gasteiger partial charge on any atom is -0.493 e. The van der Waals surface area contributed by atoms with Gasteiger partial charge in [-0.25, -0.2) is 5.43 Å². The molecule has 0 radical (unpaired) electrons. The van der Waals surface area contributed by atoms with Crippen LogP contribution in [0, 0.1) is 0 Å². The largest absolute Gasteiger partial charge is 0.493 e. The first-order chi connectivity index (χ1) is 12.6. The highest BCUT2D eigenvalue weighted by atomic mass is 16.5. The van der Waals surface area contributed by atoms with Crippen molar-refractivity contribution in [2.45, 2.75) is 13.3 Å². The minimum absolute atomic E-state index is 0.242. The number of hydrogen-bond donors (Lipinski definition) is 2. The third-order valence-electron chi connectivity index (χ3n) is 4.09. The van der Waals surface area contributed by atoms with Crippen LogP contribution in [0.25, 0.3) is 10.9 Å². The number of amides is 1. The number of carbonyl (C=O) groups is 1. The van der Waals surface area contributed by atoms with Crippen LogP contribution < -0.4 is 14.9 Å². The van der Waals surface area contributed by atoms with Crippen LogP contribution in [-0.2, 0) is 6.42 Å². The van der Waals surface area contributed by atoms with Gasteiger partial charge in [-0.3, -0.25) is 4.79 Å². The van der Waals surface area contributed by atoms with Crippen molar-refractivity contribution in [2.75, 3.05) is 14.2 Å². The van der Waals surface area contributed by atoms with Crippen LogP contribution in [0.15, 0.2) is 53.8 Å². The van der Waals surface area contributed by atoms with Gasteiger partial charge in [-0.1, -0.05) is 24.3 Å². The molecule has 0 atom stereocenters. The van der Waals surface area contributed by atoms with Gasteiger partial charge in [0.15, 0.2) is 11.5 Å². The molecule has 0 aliphatic heterocycles. The smallest absolute Gasteiger partial charge is 0.273 e. The Morgan fingerprint density at radius 2 is 1.88 bits per heavy atom. The molecule has 1 amide bonds. The molecule has 3 aromatic rings. The van der Waals surface area contributed by atoms with Crippen molar-refractivity contribution >= 4 is 22.5 Å². The number of aromatic amines is 1. The maximum atomic E-state index is 12.4. The maximum absolute atomic E-state index is 12.4. The number of H-pyrrole nitrogens is 1. The van der Waals surface area contributed by atoms with Crippen LogP contribution in [0.2, 0.25) is 0 Å². The quantitative estimate of drug-likeness (QED) is 0.527. The summed E-state index contributed by atoms with van der Waals surface area (Å²) in [5, 5.41) is 5.08. The van der Waals surface area contributed by atoms with Crippen LogP contribution in [0.1, 0.15) is 22.8 Å². The standard InChI is InChI=1S/C20H21N3O3/c1-13(10-14-8-9-18(25-2)19(11-14)26-3)22-23-20(24)16-12-21-17-7-5-4-6-15(16)17/h4-9,11-12,21H,10H2,1-3H3,(H,23,24)/b22-13-. The number of hydrogen-bond acceptors (Lipinski definition) is 4. The first-order valence-corrected chi connectivity index (χ1v) is 8.23. The van der Waals surface area contributed by atoms with Crippen molar-refractivity contribution in [1.82, 2.24) is 10.4 Å². The van der Waals surface area contributed by atoms with E-state index < -0.39 is 0 Å². The molecule has 26 heavy (non-hydrogen) atoms. The molecule has 6 heteroatoms. The third kappa shape index (κ3) is 3.69. The molecule has 1 heterocycles. The summed E-state index contributed by atoms with van der Waals surface area (Å²) in [6.45, 7) is 1.87. The third-order valence-corrected chi connectivity index (χ3v) is 4.09. The summed E-state index contributed by atoms with van der Waals surface area (Å²) in [4.78, 5) is 15.5. The maximum Gasteiger partial charge on any atom is 0.273 e. The Morgan fingerprint density at radius 3 is 2.65 bits per heavy atom. The van der Waals surface area contributed by atoms with E-state index in [-0.39, 0.29) is 5.91 Å². The molecule has 6 nitrogen and oxygen atoms in total. The van der Waals surface area contributed by atoms with E-state index >= 15 is 0 Å². The van der Waals surface area contributed by atoms with Gasteiger partial charge in [0.05, 0.1) is 19.8 Å². The zero-order chi connectivity index (χ0) is 18.5. The second kappa shape index (κ2) is 7.74. The Hall–Kier alpha value is -3.28. The van der Waals surface area contributed by atoms with Crippen molar-refractivity contribution in [3.8, 4) is 11.5 Å². The Kier molecular flexibility index (Phi) is 5.22. The van der Waals surface area contributed by atoms with Gasteiger partial charge in [-0.15, -0.1) is 0 Å². The molecular formula is C20H21N3O3. The molecule has 2 aromatic carbocycles. The number of rotatable bonds is 6. The van der Waals surface area contributed by atoms with Gasteiger partial charge < -0.3 is 14.5 Å². The van der Waals surface area contributed by atoms with Gasteiger partial charge in [-0.2, -0.15) is 5.10 Å². The number of nitrogens with one attached hydrogen (secondary N) is 2. The molecule has 0 aliphatic carbocycles. The number of nitrogens with zero attached hydrogens (tertiary/aromatic N) is 1. The van der Waals surface area contributed by atoms with Crippen molar-refractivity contribution in [1.29, 1.82) is 0 Å². The Balaban J connectivity index is 1.69. The summed E-state index contributed by atoms with van der Waals surface area (Å²) >= 11 is 0. The van der Waals surface area contributed by atoms with Gasteiger partial charge in [0, 0.05) is 29.2 Å². The highest BCUT2D eigenvalue weighted by Crippen LogP contribution is 2.27. The highest BCUT2D eigenvalue weighted by molar-refractivity contribution is 6.06. The number of ether oxygens (including phenoxy) is 2. The number of aromatic nitrogens is 1. The van der Waals surface area contributed by atoms with E-state index in [4.69, 9.17) is 9.47 Å². The van der Waals surface area contributed by atoms with E-state index in [1.165, 1.54) is 0 Å². The molecule has 1 aromatic heterocycles. The number of benzene rings is 2. The first kappa shape index (κ1) is 17.5. The number of hydrazone groups is 1. The minimum atomic E-state index is -0.242. The lowest BCUT2D eigenvalue weighted by Crippen LogP contribution is -2.19. The Labute approximate surface area is 151 Å². The lowest BCUT2D eigenvalue weighted by molar-refractivity contribution is 0.0956. The van der Waals surface area contributed by atoms with E-state index in [0.29, 0.717) is 23.5 Å². The van der Waals surface area contributed by atoms with Crippen LogP contribution in [0.4, 0.5) is 0 Å². The van der Waals surface area contributed by atoms with Crippen molar-refractivity contribution in [3.63, 3.8) is 0 Å². The van der Waals surface area contributed by atoms with E-state index in [2.05, 4.69) is 15.5 Å². The molecule has 0 fully saturated rings. The predicted octanol–water partition coefficient (Wildman–Crippen LogP) is 3.53. The van der Waals surface area contributed by atoms with Gasteiger partial charge >= 0.3 is 0 Å². The van der Waals surface area contributed by atoms with Gasteiger partial charge in [0.1, 0.15) is 0 Å². The normalized spacial score (nSPS) is 11.4. The summed E-state index contributed by atoms with van der Waals surface area (Å²) in [6.07, 6.45) is 2.29. The van der Waals surface area contributed by atoms with E-state index in [9.17, 15) is 4.79 Å². The zero-order valence-corrected chi connectivity index (χ0v) is 15.0. The molecule has 2 N–H and O–H groups in total. The summed E-state index contributed by atoms with van der Waals surface area (Å²) in [5.74, 6) is 1.10. The molecule has 0 aliphatic rings. The molecule has 0 saturated heterocycles. The zero-order valence-electron chi connectivity index (χ0n) is 15.0. The lowest BCUT2D eigenvalue weighted by Gasteiger charge is -2.09. The molecule has 0 saturated carbocycles. The molecule has 0 spiro atoms. The van der Waals surface area contributed by atoms with Crippen LogP contribution in [-0.4, -0.2) is 30.8 Å². The number of para-hydroxylation sites is 1. The molecule has 3 rings (SSSR count). The molecular weight excluding hydrogens is 330 g/mol. The lowest BCUT2D eigenvalue weighted by atomic mass is 10.1. The Bertz CT molecular complexity index is 960.